The van der Waals surface area contributed by atoms with Gasteiger partial charge in [0.25, 0.3) is 0 Å². The molecule has 0 unspecified atom stereocenters. The molecule has 0 aromatic carbocycles. The molecule has 0 aliphatic carbocycles. The normalized spacial score (nSPS) is 10.6. The highest BCUT2D eigenvalue weighted by Gasteiger charge is 1.84. The van der Waals surface area contributed by atoms with E-state index in [0.717, 1.165) is 13.0 Å². The smallest absolute Gasteiger partial charge is 0.0143 e. The molecule has 68 valence electrons. The fraction of sp³-hybridized carbons (Fsp3) is 0.778. The van der Waals surface area contributed by atoms with Crippen molar-refractivity contribution in [3.8, 4) is 0 Å². The Morgan fingerprint density at radius 1 is 1.36 bits per heavy atom. The second kappa shape index (κ2) is 9.83. The van der Waals surface area contributed by atoms with Gasteiger partial charge in [0, 0.05) is 12.2 Å². The highest BCUT2D eigenvalue weighted by atomic mass is 35.5. The highest BCUT2D eigenvalue weighted by Crippen LogP contribution is 1.91. The van der Waals surface area contributed by atoms with Crippen LogP contribution in [0.15, 0.2) is 11.8 Å². The van der Waals surface area contributed by atoms with E-state index in [9.17, 15) is 0 Å². The Kier molecular flexibility index (Phi) is 12.0. The molecule has 0 rings (SSSR count). The number of nitrogens with one attached hydrogen (secondary N) is 1. The second-order valence-electron chi connectivity index (χ2n) is 2.58. The molecule has 0 atom stereocenters. The summed E-state index contributed by atoms with van der Waals surface area (Å²) in [6.07, 6.45) is 5.89. The molecule has 0 aliphatic rings. The van der Waals surface area contributed by atoms with Gasteiger partial charge in [0.05, 0.1) is 0 Å². The highest BCUT2D eigenvalue weighted by molar-refractivity contribution is 5.85. The average Bonchev–Trinajstić information content (AvgIpc) is 1.89. The van der Waals surface area contributed by atoms with E-state index in [1.54, 1.807) is 0 Å². The van der Waals surface area contributed by atoms with Gasteiger partial charge < -0.3 is 5.32 Å². The van der Waals surface area contributed by atoms with Crippen molar-refractivity contribution in [3.63, 3.8) is 0 Å². The largest absolute Gasteiger partial charge is 0.389 e. The van der Waals surface area contributed by atoms with E-state index in [-0.39, 0.29) is 12.4 Å². The zero-order valence-electron chi connectivity index (χ0n) is 7.81. The van der Waals surface area contributed by atoms with Gasteiger partial charge in [-0.1, -0.05) is 26.3 Å². The predicted octanol–water partition coefficient (Wildman–Crippen LogP) is 3.11. The van der Waals surface area contributed by atoms with Crippen LogP contribution >= 0.6 is 12.4 Å². The molecule has 0 aliphatic heterocycles. The summed E-state index contributed by atoms with van der Waals surface area (Å²) in [7, 11) is 0. The first-order chi connectivity index (χ1) is 4.81. The Morgan fingerprint density at radius 2 is 2.00 bits per heavy atom. The second-order valence-corrected chi connectivity index (χ2v) is 2.58. The number of rotatable bonds is 5. The van der Waals surface area contributed by atoms with Crippen LogP contribution in [0.1, 0.15) is 40.0 Å². The minimum absolute atomic E-state index is 0. The van der Waals surface area contributed by atoms with Gasteiger partial charge in [-0.2, -0.15) is 0 Å². The van der Waals surface area contributed by atoms with Crippen LogP contribution < -0.4 is 5.32 Å². The van der Waals surface area contributed by atoms with E-state index >= 15 is 0 Å². The summed E-state index contributed by atoms with van der Waals surface area (Å²) < 4.78 is 0. The topological polar surface area (TPSA) is 12.0 Å². The van der Waals surface area contributed by atoms with E-state index in [4.69, 9.17) is 0 Å². The van der Waals surface area contributed by atoms with Crippen LogP contribution in [0.25, 0.3) is 0 Å². The Bertz CT molecular complexity index is 99.7. The van der Waals surface area contributed by atoms with Crippen LogP contribution in [0.3, 0.4) is 0 Å². The van der Waals surface area contributed by atoms with Crippen LogP contribution in [-0.4, -0.2) is 6.54 Å². The van der Waals surface area contributed by atoms with Crippen molar-refractivity contribution in [2.45, 2.75) is 40.0 Å². The van der Waals surface area contributed by atoms with E-state index in [0.29, 0.717) is 0 Å². The molecule has 2 heteroatoms. The molecule has 0 radical (unpaired) electrons. The molecule has 0 saturated heterocycles. The molecular formula is C9H20ClN. The lowest BCUT2D eigenvalue weighted by atomic mass is 10.3. The van der Waals surface area contributed by atoms with Crippen LogP contribution in [0.4, 0.5) is 0 Å². The molecule has 0 fully saturated rings. The van der Waals surface area contributed by atoms with Gasteiger partial charge in [-0.3, -0.25) is 0 Å². The summed E-state index contributed by atoms with van der Waals surface area (Å²) in [5, 5.41) is 3.35. The van der Waals surface area contributed by atoms with E-state index in [1.807, 2.05) is 0 Å². The predicted molar refractivity (Wildman–Crippen MR) is 54.2 cm³/mol. The zero-order chi connectivity index (χ0) is 7.82. The number of hydrogen-bond donors (Lipinski definition) is 1. The summed E-state index contributed by atoms with van der Waals surface area (Å²) in [4.78, 5) is 0. The lowest BCUT2D eigenvalue weighted by Crippen LogP contribution is -2.11. The number of unbranched alkanes of at least 4 members (excludes halogenated alkanes) is 1. The first-order valence-corrected chi connectivity index (χ1v) is 4.21. The Labute approximate surface area is 76.7 Å². The van der Waals surface area contributed by atoms with Crippen molar-refractivity contribution < 1.29 is 0 Å². The maximum Gasteiger partial charge on any atom is 0.0143 e. The number of allylic oxidation sites excluding steroid dienone is 2. The lowest BCUT2D eigenvalue weighted by molar-refractivity contribution is 0.708. The molecule has 11 heavy (non-hydrogen) atoms. The standard InChI is InChI=1S/C9H19N.ClH/c1-4-6-8-10-9(3)7-5-2;/h7,10H,4-6,8H2,1-3H3;1H. The van der Waals surface area contributed by atoms with E-state index in [1.165, 1.54) is 18.5 Å². The Hall–Kier alpha value is -0.170. The van der Waals surface area contributed by atoms with Crippen LogP contribution in [0.5, 0.6) is 0 Å². The van der Waals surface area contributed by atoms with Gasteiger partial charge >= 0.3 is 0 Å². The van der Waals surface area contributed by atoms with Crippen molar-refractivity contribution in [3.05, 3.63) is 11.8 Å². The molecule has 0 bridgehead atoms. The quantitative estimate of drug-likeness (QED) is 0.637. The molecule has 0 saturated carbocycles. The lowest BCUT2D eigenvalue weighted by Gasteiger charge is -2.03. The first kappa shape index (κ1) is 13.4. The average molecular weight is 178 g/mol. The van der Waals surface area contributed by atoms with Gasteiger partial charge in [-0.15, -0.1) is 12.4 Å². The van der Waals surface area contributed by atoms with Crippen molar-refractivity contribution in [2.24, 2.45) is 0 Å². The molecule has 1 nitrogen and oxygen atoms in total. The van der Waals surface area contributed by atoms with Gasteiger partial charge in [-0.25, -0.2) is 0 Å². The monoisotopic (exact) mass is 177 g/mol. The molecule has 0 spiro atoms. The number of hydrogen-bond acceptors (Lipinski definition) is 1. The fourth-order valence-corrected chi connectivity index (χ4v) is 0.841. The number of halogens is 1. The van der Waals surface area contributed by atoms with Crippen LogP contribution in [-0.2, 0) is 0 Å². The van der Waals surface area contributed by atoms with Crippen molar-refractivity contribution in [1.82, 2.24) is 5.32 Å². The van der Waals surface area contributed by atoms with Gasteiger partial charge in [0.15, 0.2) is 0 Å². The zero-order valence-corrected chi connectivity index (χ0v) is 8.63. The van der Waals surface area contributed by atoms with E-state index in [2.05, 4.69) is 32.2 Å². The van der Waals surface area contributed by atoms with Crippen molar-refractivity contribution >= 4 is 12.4 Å². The van der Waals surface area contributed by atoms with E-state index < -0.39 is 0 Å². The molecular weight excluding hydrogens is 158 g/mol. The van der Waals surface area contributed by atoms with Gasteiger partial charge in [0.2, 0.25) is 0 Å². The maximum atomic E-state index is 3.35. The van der Waals surface area contributed by atoms with Crippen molar-refractivity contribution in [2.75, 3.05) is 6.54 Å². The molecule has 0 heterocycles. The minimum Gasteiger partial charge on any atom is -0.389 e. The van der Waals surface area contributed by atoms with Gasteiger partial charge in [0.1, 0.15) is 0 Å². The summed E-state index contributed by atoms with van der Waals surface area (Å²) in [6, 6.07) is 0. The molecule has 1 N–H and O–H groups in total. The third kappa shape index (κ3) is 9.83. The summed E-state index contributed by atoms with van der Waals surface area (Å²) in [5.41, 5.74) is 1.32. The van der Waals surface area contributed by atoms with Gasteiger partial charge in [-0.05, 0) is 19.8 Å². The Balaban J connectivity index is 0. The van der Waals surface area contributed by atoms with Crippen LogP contribution in [0.2, 0.25) is 0 Å². The summed E-state index contributed by atoms with van der Waals surface area (Å²) >= 11 is 0. The summed E-state index contributed by atoms with van der Waals surface area (Å²) in [6.45, 7) is 7.61. The fourth-order valence-electron chi connectivity index (χ4n) is 0.841. The van der Waals surface area contributed by atoms with Crippen LogP contribution in [0, 0.1) is 0 Å². The summed E-state index contributed by atoms with van der Waals surface area (Å²) in [5.74, 6) is 0. The minimum atomic E-state index is 0. The molecule has 0 aromatic rings. The SMILES string of the molecule is CCC=C(C)NCCCC.Cl. The molecule has 0 amide bonds. The first-order valence-electron chi connectivity index (χ1n) is 4.21. The Morgan fingerprint density at radius 3 is 2.45 bits per heavy atom. The molecule has 0 aromatic heterocycles. The van der Waals surface area contributed by atoms with Crippen molar-refractivity contribution in [1.29, 1.82) is 0 Å². The third-order valence-corrected chi connectivity index (χ3v) is 1.44. The third-order valence-electron chi connectivity index (χ3n) is 1.44. The maximum absolute atomic E-state index is 3.35.